The van der Waals surface area contributed by atoms with Crippen molar-refractivity contribution in [2.24, 2.45) is 5.92 Å². The van der Waals surface area contributed by atoms with Gasteiger partial charge in [0.05, 0.1) is 12.2 Å². The topological polar surface area (TPSA) is 81.2 Å². The van der Waals surface area contributed by atoms with Crippen molar-refractivity contribution >= 4 is 40.2 Å². The summed E-state index contributed by atoms with van der Waals surface area (Å²) in [6, 6.07) is 6.52. The molecular formula is C21H23ClFN7O. The average Bonchev–Trinajstić information content (AvgIpc) is 3.27. The van der Waals surface area contributed by atoms with Crippen LogP contribution in [0.15, 0.2) is 30.6 Å². The highest BCUT2D eigenvalue weighted by Gasteiger charge is 2.32. The first-order valence-corrected chi connectivity index (χ1v) is 10.9. The second-order valence-corrected chi connectivity index (χ2v) is 8.33. The molecule has 3 aromatic rings. The van der Waals surface area contributed by atoms with Gasteiger partial charge in [-0.15, -0.1) is 0 Å². The number of hydrogen-bond acceptors (Lipinski definition) is 6. The van der Waals surface area contributed by atoms with Crippen molar-refractivity contribution in [3.8, 4) is 0 Å². The third-order valence-corrected chi connectivity index (χ3v) is 6.26. The summed E-state index contributed by atoms with van der Waals surface area (Å²) in [6.07, 6.45) is 3.34. The zero-order chi connectivity index (χ0) is 21.4. The maximum Gasteiger partial charge on any atom is 0.227 e. The number of benzene rings is 1. The Kier molecular flexibility index (Phi) is 5.35. The summed E-state index contributed by atoms with van der Waals surface area (Å²) in [7, 11) is 0. The predicted molar refractivity (Wildman–Crippen MR) is 117 cm³/mol. The van der Waals surface area contributed by atoms with Gasteiger partial charge in [-0.3, -0.25) is 4.79 Å². The number of piperazine rings is 1. The van der Waals surface area contributed by atoms with Crippen molar-refractivity contribution in [3.63, 3.8) is 0 Å². The fourth-order valence-electron chi connectivity index (χ4n) is 4.49. The van der Waals surface area contributed by atoms with Crippen molar-refractivity contribution in [1.29, 1.82) is 0 Å². The van der Waals surface area contributed by atoms with Crippen molar-refractivity contribution in [3.05, 3.63) is 41.7 Å². The molecular weight excluding hydrogens is 421 g/mol. The lowest BCUT2D eigenvalue weighted by atomic mass is 9.96. The number of imidazole rings is 1. The number of rotatable bonds is 3. The molecule has 4 heterocycles. The Labute approximate surface area is 184 Å². The van der Waals surface area contributed by atoms with Crippen LogP contribution in [-0.2, 0) is 4.79 Å². The normalized spacial score (nSPS) is 19.8. The number of halogens is 2. The lowest BCUT2D eigenvalue weighted by molar-refractivity contribution is -0.136. The molecule has 0 saturated carbocycles. The van der Waals surface area contributed by atoms with Crippen LogP contribution < -0.4 is 9.80 Å². The number of piperidine rings is 1. The number of anilines is 2. The third-order valence-electron chi connectivity index (χ3n) is 6.09. The van der Waals surface area contributed by atoms with E-state index in [4.69, 9.17) is 11.6 Å². The van der Waals surface area contributed by atoms with E-state index in [-0.39, 0.29) is 22.9 Å². The van der Waals surface area contributed by atoms with Crippen LogP contribution in [0.4, 0.5) is 15.9 Å². The number of carbonyl (C=O) groups excluding carboxylic acids is 1. The second kappa shape index (κ2) is 8.30. The van der Waals surface area contributed by atoms with Gasteiger partial charge in [0, 0.05) is 45.0 Å². The number of H-pyrrole nitrogens is 1. The quantitative estimate of drug-likeness (QED) is 0.627. The molecule has 0 radical (unpaired) electrons. The summed E-state index contributed by atoms with van der Waals surface area (Å²) >= 11 is 6.09. The third kappa shape index (κ3) is 4.01. The van der Waals surface area contributed by atoms with Gasteiger partial charge >= 0.3 is 0 Å². The molecule has 2 fully saturated rings. The highest BCUT2D eigenvalue weighted by molar-refractivity contribution is 6.28. The molecule has 0 bridgehead atoms. The minimum Gasteiger partial charge on any atom is -0.368 e. The molecule has 2 saturated heterocycles. The van der Waals surface area contributed by atoms with E-state index in [0.717, 1.165) is 43.7 Å². The van der Waals surface area contributed by atoms with E-state index in [2.05, 4.69) is 29.7 Å². The van der Waals surface area contributed by atoms with Gasteiger partial charge in [0.2, 0.25) is 11.2 Å². The molecule has 10 heteroatoms. The summed E-state index contributed by atoms with van der Waals surface area (Å²) in [5.41, 5.74) is 2.26. The van der Waals surface area contributed by atoms with Crippen LogP contribution in [-0.4, -0.2) is 70.0 Å². The number of carbonyl (C=O) groups is 1. The van der Waals surface area contributed by atoms with E-state index in [1.54, 1.807) is 18.5 Å². The highest BCUT2D eigenvalue weighted by Crippen LogP contribution is 2.28. The lowest BCUT2D eigenvalue weighted by Crippen LogP contribution is -2.52. The number of nitrogens with one attached hydrogen (secondary N) is 1. The van der Waals surface area contributed by atoms with Crippen LogP contribution in [0.2, 0.25) is 5.28 Å². The number of amides is 1. The zero-order valence-corrected chi connectivity index (χ0v) is 17.7. The molecule has 31 heavy (non-hydrogen) atoms. The number of aromatic amines is 1. The molecule has 1 amide bonds. The number of fused-ring (bicyclic) bond motifs is 1. The lowest BCUT2D eigenvalue weighted by Gasteiger charge is -2.40. The SMILES string of the molecule is O=C([C@H]1CCCN(c2nc(Cl)nc3nc[nH]c23)C1)N1CCN(c2ccc(F)cc2)CC1. The Hall–Kier alpha value is -2.94. The zero-order valence-electron chi connectivity index (χ0n) is 17.0. The number of hydrogen-bond donors (Lipinski definition) is 1. The van der Waals surface area contributed by atoms with Crippen LogP contribution in [0, 0.1) is 11.7 Å². The molecule has 1 N–H and O–H groups in total. The van der Waals surface area contributed by atoms with Gasteiger partial charge in [0.15, 0.2) is 11.5 Å². The van der Waals surface area contributed by atoms with Crippen molar-refractivity contribution in [1.82, 2.24) is 24.8 Å². The summed E-state index contributed by atoms with van der Waals surface area (Å²) in [5.74, 6) is 0.560. The Morgan fingerprint density at radius 3 is 2.61 bits per heavy atom. The van der Waals surface area contributed by atoms with E-state index in [1.165, 1.54) is 12.1 Å². The number of aromatic nitrogens is 4. The van der Waals surface area contributed by atoms with E-state index < -0.39 is 0 Å². The smallest absolute Gasteiger partial charge is 0.227 e. The molecule has 0 unspecified atom stereocenters. The molecule has 162 valence electrons. The Bertz CT molecular complexity index is 1080. The predicted octanol–water partition coefficient (Wildman–Crippen LogP) is 2.71. The Morgan fingerprint density at radius 1 is 1.06 bits per heavy atom. The molecule has 2 aliphatic heterocycles. The van der Waals surface area contributed by atoms with Crippen LogP contribution in [0.1, 0.15) is 12.8 Å². The van der Waals surface area contributed by atoms with E-state index in [0.29, 0.717) is 31.1 Å². The Balaban J connectivity index is 1.25. The molecule has 1 atom stereocenters. The van der Waals surface area contributed by atoms with E-state index in [1.807, 2.05) is 4.90 Å². The van der Waals surface area contributed by atoms with Gasteiger partial charge < -0.3 is 19.7 Å². The van der Waals surface area contributed by atoms with E-state index >= 15 is 0 Å². The summed E-state index contributed by atoms with van der Waals surface area (Å²) in [5, 5.41) is 0.153. The van der Waals surface area contributed by atoms with Crippen LogP contribution in [0.5, 0.6) is 0 Å². The molecule has 2 aromatic heterocycles. The molecule has 1 aromatic carbocycles. The minimum absolute atomic E-state index is 0.0853. The summed E-state index contributed by atoms with van der Waals surface area (Å²) in [4.78, 5) is 35.3. The fourth-order valence-corrected chi connectivity index (χ4v) is 4.65. The van der Waals surface area contributed by atoms with Gasteiger partial charge in [0.25, 0.3) is 0 Å². The highest BCUT2D eigenvalue weighted by atomic mass is 35.5. The molecule has 8 nitrogen and oxygen atoms in total. The van der Waals surface area contributed by atoms with E-state index in [9.17, 15) is 9.18 Å². The Morgan fingerprint density at radius 2 is 1.84 bits per heavy atom. The van der Waals surface area contributed by atoms with Gasteiger partial charge in [0.1, 0.15) is 11.3 Å². The second-order valence-electron chi connectivity index (χ2n) is 7.99. The molecule has 5 rings (SSSR count). The van der Waals surface area contributed by atoms with Gasteiger partial charge in [-0.25, -0.2) is 9.37 Å². The summed E-state index contributed by atoms with van der Waals surface area (Å²) in [6.45, 7) is 4.21. The van der Waals surface area contributed by atoms with Crippen molar-refractivity contribution in [2.75, 3.05) is 49.1 Å². The van der Waals surface area contributed by atoms with Crippen molar-refractivity contribution < 1.29 is 9.18 Å². The fraction of sp³-hybridized carbons (Fsp3) is 0.429. The van der Waals surface area contributed by atoms with Gasteiger partial charge in [-0.05, 0) is 48.7 Å². The number of nitrogens with zero attached hydrogens (tertiary/aromatic N) is 6. The first kappa shape index (κ1) is 20.0. The monoisotopic (exact) mass is 443 g/mol. The molecule has 0 spiro atoms. The largest absolute Gasteiger partial charge is 0.368 e. The van der Waals surface area contributed by atoms with Gasteiger partial charge in [-0.2, -0.15) is 9.97 Å². The molecule has 0 aliphatic carbocycles. The minimum atomic E-state index is -0.239. The maximum atomic E-state index is 13.3. The first-order valence-electron chi connectivity index (χ1n) is 10.5. The maximum absolute atomic E-state index is 13.3. The van der Waals surface area contributed by atoms with Crippen molar-refractivity contribution in [2.45, 2.75) is 12.8 Å². The summed E-state index contributed by atoms with van der Waals surface area (Å²) < 4.78 is 13.2. The average molecular weight is 444 g/mol. The van der Waals surface area contributed by atoms with Crippen LogP contribution >= 0.6 is 11.6 Å². The van der Waals surface area contributed by atoms with Crippen LogP contribution in [0.25, 0.3) is 11.2 Å². The molecule has 2 aliphatic rings. The standard InChI is InChI=1S/C21H23ClFN7O/c22-21-26-18-17(24-13-25-18)19(27-21)30-7-1-2-14(12-30)20(31)29-10-8-28(9-11-29)16-5-3-15(23)4-6-16/h3-6,13-14H,1-2,7-12H2,(H,24,25,26,27)/t14-/m0/s1. The van der Waals surface area contributed by atoms with Crippen LogP contribution in [0.3, 0.4) is 0 Å². The van der Waals surface area contributed by atoms with Gasteiger partial charge in [-0.1, -0.05) is 0 Å². The first-order chi connectivity index (χ1) is 15.1.